The molecule has 102 valence electrons. The van der Waals surface area contributed by atoms with E-state index in [0.29, 0.717) is 6.54 Å². The zero-order valence-electron chi connectivity index (χ0n) is 11.5. The largest absolute Gasteiger partial charge is 0.330 e. The van der Waals surface area contributed by atoms with Crippen LogP contribution in [-0.2, 0) is 11.8 Å². The lowest BCUT2D eigenvalue weighted by Gasteiger charge is -2.18. The van der Waals surface area contributed by atoms with Crippen LogP contribution in [0.2, 0.25) is 0 Å². The van der Waals surface area contributed by atoms with Gasteiger partial charge in [0.15, 0.2) is 0 Å². The third-order valence-electron chi connectivity index (χ3n) is 3.03. The molecule has 4 heteroatoms. The summed E-state index contributed by atoms with van der Waals surface area (Å²) in [5, 5.41) is 1.05. The molecule has 2 aromatic rings. The topological polar surface area (TPSA) is 38.9 Å². The lowest BCUT2D eigenvalue weighted by Crippen LogP contribution is -2.10. The standard InChI is InChI=1S/C15H19BrN2S/c1-15(2,3)11-6-4-10(5-7-11)14-18-12(8-9-17)13(16)19-14/h4-7H,8-9,17H2,1-3H3. The van der Waals surface area contributed by atoms with Crippen LogP contribution in [-0.4, -0.2) is 11.5 Å². The molecule has 0 amide bonds. The average Bonchev–Trinajstić information content (AvgIpc) is 2.71. The van der Waals surface area contributed by atoms with Crippen molar-refractivity contribution in [2.75, 3.05) is 6.54 Å². The Morgan fingerprint density at radius 2 is 1.84 bits per heavy atom. The van der Waals surface area contributed by atoms with Crippen molar-refractivity contribution in [3.05, 3.63) is 39.3 Å². The van der Waals surface area contributed by atoms with Gasteiger partial charge < -0.3 is 5.73 Å². The molecule has 1 heterocycles. The smallest absolute Gasteiger partial charge is 0.124 e. The summed E-state index contributed by atoms with van der Waals surface area (Å²) in [4.78, 5) is 4.65. The van der Waals surface area contributed by atoms with Gasteiger partial charge in [0, 0.05) is 12.0 Å². The van der Waals surface area contributed by atoms with Crippen LogP contribution in [0, 0.1) is 0 Å². The normalized spacial score (nSPS) is 11.8. The molecular weight excluding hydrogens is 320 g/mol. The highest BCUT2D eigenvalue weighted by molar-refractivity contribution is 9.11. The van der Waals surface area contributed by atoms with E-state index in [1.165, 1.54) is 11.1 Å². The first-order valence-corrected chi connectivity index (χ1v) is 7.99. The lowest BCUT2D eigenvalue weighted by molar-refractivity contribution is 0.590. The molecule has 0 aliphatic rings. The summed E-state index contributed by atoms with van der Waals surface area (Å²) in [6, 6.07) is 8.68. The molecule has 0 fully saturated rings. The summed E-state index contributed by atoms with van der Waals surface area (Å²) in [6.45, 7) is 7.30. The monoisotopic (exact) mass is 338 g/mol. The fourth-order valence-electron chi connectivity index (χ4n) is 1.86. The molecule has 0 aliphatic carbocycles. The zero-order valence-corrected chi connectivity index (χ0v) is 13.9. The Morgan fingerprint density at radius 3 is 2.37 bits per heavy atom. The Hall–Kier alpha value is -0.710. The maximum Gasteiger partial charge on any atom is 0.124 e. The minimum Gasteiger partial charge on any atom is -0.330 e. The van der Waals surface area contributed by atoms with Gasteiger partial charge in [0.1, 0.15) is 5.01 Å². The van der Waals surface area contributed by atoms with Crippen LogP contribution in [0.5, 0.6) is 0 Å². The first-order chi connectivity index (χ1) is 8.91. The molecule has 0 saturated heterocycles. The summed E-state index contributed by atoms with van der Waals surface area (Å²) >= 11 is 5.23. The van der Waals surface area contributed by atoms with Crippen LogP contribution >= 0.6 is 27.3 Å². The first-order valence-electron chi connectivity index (χ1n) is 6.38. The maximum absolute atomic E-state index is 5.59. The van der Waals surface area contributed by atoms with Gasteiger partial charge in [0.05, 0.1) is 9.48 Å². The summed E-state index contributed by atoms with van der Waals surface area (Å²) in [7, 11) is 0. The first kappa shape index (κ1) is 14.7. The second-order valence-electron chi connectivity index (χ2n) is 5.61. The molecule has 0 unspecified atom stereocenters. The van der Waals surface area contributed by atoms with Gasteiger partial charge in [-0.1, -0.05) is 45.0 Å². The Balaban J connectivity index is 2.30. The summed E-state index contributed by atoms with van der Waals surface area (Å²) in [5.41, 5.74) is 9.34. The van der Waals surface area contributed by atoms with Crippen molar-refractivity contribution >= 4 is 27.3 Å². The Bertz CT molecular complexity index is 553. The lowest BCUT2D eigenvalue weighted by atomic mass is 9.87. The minimum atomic E-state index is 0.187. The van der Waals surface area contributed by atoms with Crippen LogP contribution in [0.15, 0.2) is 28.1 Å². The Kier molecular flexibility index (Phi) is 4.43. The van der Waals surface area contributed by atoms with Crippen molar-refractivity contribution in [3.8, 4) is 10.6 Å². The van der Waals surface area contributed by atoms with Gasteiger partial charge in [-0.3, -0.25) is 0 Å². The van der Waals surface area contributed by atoms with Gasteiger partial charge in [-0.2, -0.15) is 0 Å². The van der Waals surface area contributed by atoms with Crippen molar-refractivity contribution in [2.45, 2.75) is 32.6 Å². The summed E-state index contributed by atoms with van der Waals surface area (Å²) in [6.07, 6.45) is 0.817. The van der Waals surface area contributed by atoms with Crippen LogP contribution in [0.4, 0.5) is 0 Å². The van der Waals surface area contributed by atoms with Crippen LogP contribution in [0.1, 0.15) is 32.0 Å². The molecule has 1 aromatic heterocycles. The number of nitrogens with two attached hydrogens (primary N) is 1. The molecule has 0 saturated carbocycles. The number of halogens is 1. The van der Waals surface area contributed by atoms with Crippen molar-refractivity contribution < 1.29 is 0 Å². The van der Waals surface area contributed by atoms with Crippen LogP contribution in [0.25, 0.3) is 10.6 Å². The third kappa shape index (κ3) is 3.44. The van der Waals surface area contributed by atoms with Crippen molar-refractivity contribution in [3.63, 3.8) is 0 Å². The Morgan fingerprint density at radius 1 is 1.21 bits per heavy atom. The average molecular weight is 339 g/mol. The number of aromatic nitrogens is 1. The molecule has 0 spiro atoms. The number of benzene rings is 1. The van der Waals surface area contributed by atoms with E-state index in [1.54, 1.807) is 11.3 Å². The van der Waals surface area contributed by atoms with E-state index in [4.69, 9.17) is 5.73 Å². The van der Waals surface area contributed by atoms with Gasteiger partial charge in [0.2, 0.25) is 0 Å². The van der Waals surface area contributed by atoms with E-state index >= 15 is 0 Å². The fraction of sp³-hybridized carbons (Fsp3) is 0.400. The molecule has 0 radical (unpaired) electrons. The van der Waals surface area contributed by atoms with E-state index in [0.717, 1.165) is 20.9 Å². The summed E-state index contributed by atoms with van der Waals surface area (Å²) in [5.74, 6) is 0. The second-order valence-corrected chi connectivity index (χ2v) is 7.92. The van der Waals surface area contributed by atoms with E-state index in [-0.39, 0.29) is 5.41 Å². The fourth-order valence-corrected chi connectivity index (χ4v) is 3.45. The van der Waals surface area contributed by atoms with Crippen LogP contribution < -0.4 is 5.73 Å². The third-order valence-corrected chi connectivity index (χ3v) is 4.91. The molecule has 2 nitrogen and oxygen atoms in total. The molecule has 1 aromatic carbocycles. The molecule has 19 heavy (non-hydrogen) atoms. The summed E-state index contributed by atoms with van der Waals surface area (Å²) < 4.78 is 1.09. The second kappa shape index (κ2) is 5.73. The number of rotatable bonds is 3. The Labute approximate surface area is 127 Å². The highest BCUT2D eigenvalue weighted by Crippen LogP contribution is 2.33. The highest BCUT2D eigenvalue weighted by Gasteiger charge is 2.14. The van der Waals surface area contributed by atoms with Crippen molar-refractivity contribution in [2.24, 2.45) is 5.73 Å². The maximum atomic E-state index is 5.59. The number of hydrogen-bond acceptors (Lipinski definition) is 3. The van der Waals surface area contributed by atoms with Gasteiger partial charge in [-0.15, -0.1) is 11.3 Å². The van der Waals surface area contributed by atoms with Gasteiger partial charge in [0.25, 0.3) is 0 Å². The molecule has 0 aliphatic heterocycles. The molecule has 2 N–H and O–H groups in total. The number of thiazole rings is 1. The quantitative estimate of drug-likeness (QED) is 0.902. The highest BCUT2D eigenvalue weighted by atomic mass is 79.9. The van der Waals surface area contributed by atoms with Crippen molar-refractivity contribution in [1.29, 1.82) is 0 Å². The zero-order chi connectivity index (χ0) is 14.0. The SMILES string of the molecule is CC(C)(C)c1ccc(-c2nc(CCN)c(Br)s2)cc1. The van der Waals surface area contributed by atoms with Gasteiger partial charge in [-0.25, -0.2) is 4.98 Å². The predicted octanol–water partition coefficient (Wildman–Crippen LogP) is 4.37. The predicted molar refractivity (Wildman–Crippen MR) is 86.7 cm³/mol. The number of hydrogen-bond donors (Lipinski definition) is 1. The van der Waals surface area contributed by atoms with Gasteiger partial charge in [-0.05, 0) is 33.5 Å². The molecule has 2 rings (SSSR count). The van der Waals surface area contributed by atoms with E-state index in [9.17, 15) is 0 Å². The molecule has 0 atom stereocenters. The van der Waals surface area contributed by atoms with Crippen molar-refractivity contribution in [1.82, 2.24) is 4.98 Å². The van der Waals surface area contributed by atoms with E-state index in [2.05, 4.69) is 66.0 Å². The molecular formula is C15H19BrN2S. The van der Waals surface area contributed by atoms with E-state index in [1.807, 2.05) is 0 Å². The van der Waals surface area contributed by atoms with Crippen LogP contribution in [0.3, 0.4) is 0 Å². The number of nitrogens with zero attached hydrogens (tertiary/aromatic N) is 1. The van der Waals surface area contributed by atoms with E-state index < -0.39 is 0 Å². The molecule has 0 bridgehead atoms. The van der Waals surface area contributed by atoms with Gasteiger partial charge >= 0.3 is 0 Å². The minimum absolute atomic E-state index is 0.187.